The molecule has 1 aromatic carbocycles. The third-order valence-corrected chi connectivity index (χ3v) is 2.45. The lowest BCUT2D eigenvalue weighted by molar-refractivity contribution is -0.115. The first-order chi connectivity index (χ1) is 7.24. The summed E-state index contributed by atoms with van der Waals surface area (Å²) < 4.78 is 23.2. The number of hydrogen-bond acceptors (Lipinski definition) is 3. The molecular weight excluding hydrogens is 201 g/mol. The van der Waals surface area contributed by atoms with Gasteiger partial charge in [-0.1, -0.05) is 0 Å². The molecule has 78 valence electrons. The van der Waals surface area contributed by atoms with Gasteiger partial charge in [0.25, 0.3) is 6.36 Å². The molecule has 0 radical (unpaired) electrons. The topological polar surface area (TPSA) is 47.6 Å². The first-order valence-electron chi connectivity index (χ1n) is 4.63. The van der Waals surface area contributed by atoms with Crippen molar-refractivity contribution in [3.63, 3.8) is 0 Å². The second-order valence-corrected chi connectivity index (χ2v) is 3.48. The van der Waals surface area contributed by atoms with Crippen LogP contribution in [0.25, 0.3) is 0 Å². The van der Waals surface area contributed by atoms with Crippen molar-refractivity contribution in [1.29, 1.82) is 0 Å². The van der Waals surface area contributed by atoms with Gasteiger partial charge in [-0.25, -0.2) is 0 Å². The van der Waals surface area contributed by atoms with E-state index in [1.54, 1.807) is 12.1 Å². The molecule has 0 bridgehead atoms. The maximum atomic E-state index is 13.0. The van der Waals surface area contributed by atoms with Crippen LogP contribution in [0, 0.1) is 0 Å². The van der Waals surface area contributed by atoms with Crippen molar-refractivity contribution in [3.8, 4) is 11.5 Å². The van der Waals surface area contributed by atoms with Crippen molar-refractivity contribution in [2.24, 2.45) is 0 Å². The third kappa shape index (κ3) is 1.23. The molecule has 1 N–H and O–H groups in total. The summed E-state index contributed by atoms with van der Waals surface area (Å²) in [6, 6.07) is 3.41. The molecule has 5 heteroatoms. The number of carbonyl (C=O) groups excluding carboxylic acids is 1. The summed E-state index contributed by atoms with van der Waals surface area (Å²) in [5.74, 6) is 0.742. The molecule has 15 heavy (non-hydrogen) atoms. The predicted molar refractivity (Wildman–Crippen MR) is 49.8 cm³/mol. The Morgan fingerprint density at radius 3 is 3.20 bits per heavy atom. The van der Waals surface area contributed by atoms with E-state index in [0.29, 0.717) is 22.7 Å². The Balaban J connectivity index is 2.12. The van der Waals surface area contributed by atoms with Gasteiger partial charge in [0, 0.05) is 11.3 Å². The molecule has 0 aromatic heterocycles. The van der Waals surface area contributed by atoms with E-state index in [1.807, 2.05) is 0 Å². The minimum Gasteiger partial charge on any atom is -0.483 e. The number of rotatable bonds is 0. The summed E-state index contributed by atoms with van der Waals surface area (Å²) in [6.45, 7) is -0.104. The number of ether oxygens (including phenoxy) is 2. The van der Waals surface area contributed by atoms with Crippen LogP contribution in [0.3, 0.4) is 0 Å². The highest BCUT2D eigenvalue weighted by molar-refractivity contribution is 6.00. The quantitative estimate of drug-likeness (QED) is 0.699. The molecule has 1 unspecified atom stereocenters. The SMILES string of the molecule is O=C1Cc2c(ccc3c2OC(F)CO3)N1. The van der Waals surface area contributed by atoms with Crippen molar-refractivity contribution in [2.45, 2.75) is 12.8 Å². The summed E-state index contributed by atoms with van der Waals surface area (Å²) in [5.41, 5.74) is 1.36. The van der Waals surface area contributed by atoms with Gasteiger partial charge in [0.1, 0.15) is 0 Å². The average molecular weight is 209 g/mol. The van der Waals surface area contributed by atoms with E-state index in [-0.39, 0.29) is 18.9 Å². The van der Waals surface area contributed by atoms with Crippen molar-refractivity contribution in [2.75, 3.05) is 11.9 Å². The molecule has 2 heterocycles. The van der Waals surface area contributed by atoms with Crippen LogP contribution in [-0.4, -0.2) is 18.9 Å². The van der Waals surface area contributed by atoms with Crippen LogP contribution < -0.4 is 14.8 Å². The molecular formula is C10H8FNO3. The zero-order valence-corrected chi connectivity index (χ0v) is 7.75. The largest absolute Gasteiger partial charge is 0.483 e. The van der Waals surface area contributed by atoms with Gasteiger partial charge >= 0.3 is 0 Å². The molecule has 0 saturated carbocycles. The summed E-state index contributed by atoms with van der Waals surface area (Å²) in [4.78, 5) is 11.2. The Labute approximate surface area is 85.0 Å². The number of nitrogens with one attached hydrogen (secondary N) is 1. The lowest BCUT2D eigenvalue weighted by Gasteiger charge is -2.23. The van der Waals surface area contributed by atoms with E-state index in [0.717, 1.165) is 0 Å². The van der Waals surface area contributed by atoms with Gasteiger partial charge in [-0.3, -0.25) is 4.79 Å². The predicted octanol–water partition coefficient (Wildman–Crippen LogP) is 1.25. The van der Waals surface area contributed by atoms with Crippen LogP contribution in [0.1, 0.15) is 5.56 Å². The van der Waals surface area contributed by atoms with E-state index in [2.05, 4.69) is 5.32 Å². The smallest absolute Gasteiger partial charge is 0.272 e. The summed E-state index contributed by atoms with van der Waals surface area (Å²) >= 11 is 0. The van der Waals surface area contributed by atoms with E-state index in [9.17, 15) is 9.18 Å². The molecule has 4 nitrogen and oxygen atoms in total. The first-order valence-corrected chi connectivity index (χ1v) is 4.63. The lowest BCUT2D eigenvalue weighted by atomic mass is 10.1. The van der Waals surface area contributed by atoms with Crippen molar-refractivity contribution in [3.05, 3.63) is 17.7 Å². The number of alkyl halides is 1. The number of anilines is 1. The number of carbonyl (C=O) groups is 1. The van der Waals surface area contributed by atoms with Crippen LogP contribution in [0.2, 0.25) is 0 Å². The fourth-order valence-electron chi connectivity index (χ4n) is 1.81. The average Bonchev–Trinajstić information content (AvgIpc) is 2.58. The normalized spacial score (nSPS) is 22.2. The second kappa shape index (κ2) is 2.85. The van der Waals surface area contributed by atoms with Gasteiger partial charge in [0.2, 0.25) is 5.91 Å². The van der Waals surface area contributed by atoms with Crippen LogP contribution >= 0.6 is 0 Å². The van der Waals surface area contributed by atoms with Gasteiger partial charge in [-0.15, -0.1) is 0 Å². The van der Waals surface area contributed by atoms with Crippen LogP contribution in [0.15, 0.2) is 12.1 Å². The molecule has 1 aromatic rings. The monoisotopic (exact) mass is 209 g/mol. The number of halogens is 1. The highest BCUT2D eigenvalue weighted by Gasteiger charge is 2.29. The molecule has 1 amide bonds. The van der Waals surface area contributed by atoms with Gasteiger partial charge in [0.05, 0.1) is 6.42 Å². The zero-order chi connectivity index (χ0) is 10.4. The highest BCUT2D eigenvalue weighted by atomic mass is 19.1. The van der Waals surface area contributed by atoms with Gasteiger partial charge in [0.15, 0.2) is 18.1 Å². The van der Waals surface area contributed by atoms with Gasteiger partial charge in [-0.05, 0) is 12.1 Å². The maximum Gasteiger partial charge on any atom is 0.272 e. The van der Waals surface area contributed by atoms with E-state index < -0.39 is 6.36 Å². The summed E-state index contributed by atoms with van der Waals surface area (Å²) in [5, 5.41) is 2.67. The Morgan fingerprint density at radius 2 is 2.33 bits per heavy atom. The molecule has 3 rings (SSSR count). The number of fused-ring (bicyclic) bond motifs is 3. The Kier molecular flexibility index (Phi) is 1.62. The Hall–Kier alpha value is -1.78. The van der Waals surface area contributed by atoms with Crippen LogP contribution in [0.5, 0.6) is 11.5 Å². The molecule has 0 fully saturated rings. The highest BCUT2D eigenvalue weighted by Crippen LogP contribution is 2.41. The van der Waals surface area contributed by atoms with Gasteiger partial charge < -0.3 is 14.8 Å². The van der Waals surface area contributed by atoms with E-state index in [4.69, 9.17) is 9.47 Å². The zero-order valence-electron chi connectivity index (χ0n) is 7.75. The molecule has 1 atom stereocenters. The number of amides is 1. The fourth-order valence-corrected chi connectivity index (χ4v) is 1.81. The number of benzene rings is 1. The van der Waals surface area contributed by atoms with Crippen molar-refractivity contribution < 1.29 is 18.7 Å². The lowest BCUT2D eigenvalue weighted by Crippen LogP contribution is -2.25. The molecule has 0 saturated heterocycles. The van der Waals surface area contributed by atoms with Gasteiger partial charge in [-0.2, -0.15) is 4.39 Å². The summed E-state index contributed by atoms with van der Waals surface area (Å²) in [6.07, 6.45) is -1.24. The molecule has 0 spiro atoms. The molecule has 0 aliphatic carbocycles. The Bertz CT molecular complexity index is 447. The minimum atomic E-state index is -1.46. The standard InChI is InChI=1S/C10H8FNO3/c11-8-4-14-7-2-1-6-5(10(7)15-8)3-9(13)12-6/h1-2,8H,3-4H2,(H,12,13). The second-order valence-electron chi connectivity index (χ2n) is 3.48. The third-order valence-electron chi connectivity index (χ3n) is 2.45. The van der Waals surface area contributed by atoms with Crippen LogP contribution in [-0.2, 0) is 11.2 Å². The molecule has 2 aliphatic rings. The first kappa shape index (κ1) is 8.52. The van der Waals surface area contributed by atoms with Crippen LogP contribution in [0.4, 0.5) is 10.1 Å². The van der Waals surface area contributed by atoms with Crippen molar-refractivity contribution >= 4 is 11.6 Å². The molecule has 2 aliphatic heterocycles. The van der Waals surface area contributed by atoms with E-state index in [1.165, 1.54) is 0 Å². The Morgan fingerprint density at radius 1 is 1.47 bits per heavy atom. The fraction of sp³-hybridized carbons (Fsp3) is 0.300. The minimum absolute atomic E-state index is 0.104. The maximum absolute atomic E-state index is 13.0. The van der Waals surface area contributed by atoms with Crippen molar-refractivity contribution in [1.82, 2.24) is 0 Å². The number of hydrogen-bond donors (Lipinski definition) is 1. The summed E-state index contributed by atoms with van der Waals surface area (Å²) in [7, 11) is 0. The van der Waals surface area contributed by atoms with E-state index >= 15 is 0 Å².